The predicted molar refractivity (Wildman–Crippen MR) is 72.0 cm³/mol. The lowest BCUT2D eigenvalue weighted by Crippen LogP contribution is -2.15. The Hall–Kier alpha value is -1.99. The number of nitrogens with zero attached hydrogens (tertiary/aromatic N) is 2. The highest BCUT2D eigenvalue weighted by Crippen LogP contribution is 2.22. The van der Waals surface area contributed by atoms with Crippen molar-refractivity contribution in [3.63, 3.8) is 0 Å². The summed E-state index contributed by atoms with van der Waals surface area (Å²) in [6, 6.07) is 11.8. The van der Waals surface area contributed by atoms with E-state index < -0.39 is 0 Å². The fourth-order valence-corrected chi connectivity index (χ4v) is 2.36. The third kappa shape index (κ3) is 2.58. The summed E-state index contributed by atoms with van der Waals surface area (Å²) in [6.07, 6.45) is 0. The number of thiophene rings is 1. The molecule has 0 aliphatic heterocycles. The van der Waals surface area contributed by atoms with E-state index in [-0.39, 0.29) is 0 Å². The first-order valence-electron chi connectivity index (χ1n) is 5.24. The molecule has 0 amide bonds. The fourth-order valence-electron chi connectivity index (χ4n) is 1.61. The van der Waals surface area contributed by atoms with Gasteiger partial charge in [-0.05, 0) is 29.6 Å². The van der Waals surface area contributed by atoms with Gasteiger partial charge in [0, 0.05) is 23.3 Å². The van der Waals surface area contributed by atoms with Gasteiger partial charge in [-0.1, -0.05) is 6.07 Å². The van der Waals surface area contributed by atoms with Crippen LogP contribution in [0.3, 0.4) is 0 Å². The van der Waals surface area contributed by atoms with Crippen molar-refractivity contribution >= 4 is 22.7 Å². The van der Waals surface area contributed by atoms with Gasteiger partial charge < -0.3 is 10.6 Å². The third-order valence-corrected chi connectivity index (χ3v) is 3.43. The zero-order valence-corrected chi connectivity index (χ0v) is 10.4. The van der Waals surface area contributed by atoms with Crippen molar-refractivity contribution in [1.82, 2.24) is 0 Å². The molecule has 0 radical (unpaired) electrons. The number of hydrogen-bond acceptors (Lipinski definition) is 4. The first-order valence-corrected chi connectivity index (χ1v) is 6.12. The second kappa shape index (κ2) is 4.89. The summed E-state index contributed by atoms with van der Waals surface area (Å²) in [5.74, 6) is 0. The normalized spacial score (nSPS) is 9.88. The molecule has 2 N–H and O–H groups in total. The summed E-state index contributed by atoms with van der Waals surface area (Å²) in [4.78, 5) is 3.40. The van der Waals surface area contributed by atoms with E-state index in [1.807, 2.05) is 25.2 Å². The van der Waals surface area contributed by atoms with Gasteiger partial charge in [0.15, 0.2) is 0 Å². The van der Waals surface area contributed by atoms with Gasteiger partial charge in [-0.15, -0.1) is 11.3 Å². The maximum absolute atomic E-state index is 8.93. The van der Waals surface area contributed by atoms with Crippen molar-refractivity contribution in [3.05, 3.63) is 46.2 Å². The molecule has 0 aliphatic carbocycles. The molecule has 2 rings (SSSR count). The topological polar surface area (TPSA) is 53.0 Å². The number of nitriles is 1. The van der Waals surface area contributed by atoms with Gasteiger partial charge in [0.05, 0.1) is 12.1 Å². The van der Waals surface area contributed by atoms with Crippen LogP contribution in [0.15, 0.2) is 35.7 Å². The van der Waals surface area contributed by atoms with E-state index in [1.165, 1.54) is 4.88 Å². The SMILES string of the molecule is CN(Cc1cccs1)c1ccc(N)c(C#N)c1. The van der Waals surface area contributed by atoms with Gasteiger partial charge in [0.2, 0.25) is 0 Å². The molecule has 3 nitrogen and oxygen atoms in total. The highest BCUT2D eigenvalue weighted by atomic mass is 32.1. The number of benzene rings is 1. The first-order chi connectivity index (χ1) is 8.20. The molecule has 1 aromatic heterocycles. The zero-order valence-electron chi connectivity index (χ0n) is 9.55. The number of rotatable bonds is 3. The lowest BCUT2D eigenvalue weighted by molar-refractivity contribution is 0.940. The Bertz CT molecular complexity index is 540. The minimum atomic E-state index is 0.528. The van der Waals surface area contributed by atoms with Gasteiger partial charge in [-0.2, -0.15) is 5.26 Å². The van der Waals surface area contributed by atoms with Crippen molar-refractivity contribution in [2.75, 3.05) is 17.7 Å². The molecule has 0 atom stereocenters. The summed E-state index contributed by atoms with van der Waals surface area (Å²) in [6.45, 7) is 0.840. The Morgan fingerprint density at radius 3 is 2.88 bits per heavy atom. The van der Waals surface area contributed by atoms with E-state index in [0.717, 1.165) is 12.2 Å². The average Bonchev–Trinajstić information content (AvgIpc) is 2.82. The summed E-state index contributed by atoms with van der Waals surface area (Å²) in [7, 11) is 2.01. The molecule has 1 aromatic carbocycles. The predicted octanol–water partition coefficient (Wildman–Crippen LogP) is 2.84. The van der Waals surface area contributed by atoms with Crippen LogP contribution < -0.4 is 10.6 Å². The van der Waals surface area contributed by atoms with Crippen LogP contribution in [0, 0.1) is 11.3 Å². The van der Waals surface area contributed by atoms with E-state index in [2.05, 4.69) is 22.4 Å². The van der Waals surface area contributed by atoms with Crippen molar-refractivity contribution in [1.29, 1.82) is 5.26 Å². The molecule has 1 heterocycles. The quantitative estimate of drug-likeness (QED) is 0.843. The summed E-state index contributed by atoms with van der Waals surface area (Å²) in [5.41, 5.74) is 7.76. The van der Waals surface area contributed by atoms with Gasteiger partial charge in [-0.3, -0.25) is 0 Å². The number of nitrogens with two attached hydrogens (primary N) is 1. The van der Waals surface area contributed by atoms with Crippen LogP contribution in [-0.2, 0) is 6.54 Å². The van der Waals surface area contributed by atoms with Crippen molar-refractivity contribution in [2.45, 2.75) is 6.54 Å². The molecule has 86 valence electrons. The molecule has 0 unspecified atom stereocenters. The van der Waals surface area contributed by atoms with Gasteiger partial charge in [0.25, 0.3) is 0 Å². The van der Waals surface area contributed by atoms with Crippen LogP contribution in [0.4, 0.5) is 11.4 Å². The van der Waals surface area contributed by atoms with Crippen molar-refractivity contribution in [2.24, 2.45) is 0 Å². The minimum absolute atomic E-state index is 0.528. The average molecular weight is 243 g/mol. The van der Waals surface area contributed by atoms with Crippen LogP contribution in [0.5, 0.6) is 0 Å². The second-order valence-corrected chi connectivity index (χ2v) is 4.85. The van der Waals surface area contributed by atoms with E-state index >= 15 is 0 Å². The Kier molecular flexibility index (Phi) is 3.31. The minimum Gasteiger partial charge on any atom is -0.398 e. The molecule has 0 aliphatic rings. The van der Waals surface area contributed by atoms with Gasteiger partial charge in [0.1, 0.15) is 6.07 Å². The lowest BCUT2D eigenvalue weighted by atomic mass is 10.1. The van der Waals surface area contributed by atoms with E-state index in [4.69, 9.17) is 11.0 Å². The molecule has 0 fully saturated rings. The van der Waals surface area contributed by atoms with E-state index in [1.54, 1.807) is 17.4 Å². The highest BCUT2D eigenvalue weighted by molar-refractivity contribution is 7.09. The number of hydrogen-bond donors (Lipinski definition) is 1. The van der Waals surface area contributed by atoms with E-state index in [9.17, 15) is 0 Å². The number of nitrogen functional groups attached to an aromatic ring is 1. The fraction of sp³-hybridized carbons (Fsp3) is 0.154. The Morgan fingerprint density at radius 2 is 2.24 bits per heavy atom. The molecule has 0 spiro atoms. The molecular weight excluding hydrogens is 230 g/mol. The molecule has 4 heteroatoms. The van der Waals surface area contributed by atoms with Gasteiger partial charge >= 0.3 is 0 Å². The van der Waals surface area contributed by atoms with Crippen LogP contribution in [-0.4, -0.2) is 7.05 Å². The molecule has 17 heavy (non-hydrogen) atoms. The standard InChI is InChI=1S/C13H13N3S/c1-16(9-12-3-2-6-17-12)11-4-5-13(15)10(7-11)8-14/h2-7H,9,15H2,1H3. The summed E-state index contributed by atoms with van der Waals surface area (Å²) in [5, 5.41) is 11.0. The molecule has 0 bridgehead atoms. The summed E-state index contributed by atoms with van der Waals surface area (Å²) >= 11 is 1.73. The monoisotopic (exact) mass is 243 g/mol. The second-order valence-electron chi connectivity index (χ2n) is 3.82. The third-order valence-electron chi connectivity index (χ3n) is 2.57. The Labute approximate surface area is 105 Å². The molecule has 0 saturated carbocycles. The highest BCUT2D eigenvalue weighted by Gasteiger charge is 2.05. The van der Waals surface area contributed by atoms with Crippen LogP contribution in [0.25, 0.3) is 0 Å². The maximum Gasteiger partial charge on any atom is 0.101 e. The van der Waals surface area contributed by atoms with Crippen molar-refractivity contribution < 1.29 is 0 Å². The number of anilines is 2. The first kappa shape index (κ1) is 11.5. The maximum atomic E-state index is 8.93. The van der Waals surface area contributed by atoms with Crippen molar-refractivity contribution in [3.8, 4) is 6.07 Å². The van der Waals surface area contributed by atoms with Gasteiger partial charge in [-0.25, -0.2) is 0 Å². The zero-order chi connectivity index (χ0) is 12.3. The molecule has 0 saturated heterocycles. The lowest BCUT2D eigenvalue weighted by Gasteiger charge is -2.19. The molecule has 2 aromatic rings. The smallest absolute Gasteiger partial charge is 0.101 e. The Morgan fingerprint density at radius 1 is 1.41 bits per heavy atom. The van der Waals surface area contributed by atoms with Crippen LogP contribution in [0.1, 0.15) is 10.4 Å². The largest absolute Gasteiger partial charge is 0.398 e. The van der Waals surface area contributed by atoms with E-state index in [0.29, 0.717) is 11.3 Å². The van der Waals surface area contributed by atoms with Crippen LogP contribution in [0.2, 0.25) is 0 Å². The molecular formula is C13H13N3S. The Balaban J connectivity index is 2.20. The van der Waals surface area contributed by atoms with Crippen LogP contribution >= 0.6 is 11.3 Å². The summed E-state index contributed by atoms with van der Waals surface area (Å²) < 4.78 is 0.